The summed E-state index contributed by atoms with van der Waals surface area (Å²) in [4.78, 5) is 27.9. The van der Waals surface area contributed by atoms with Crippen molar-refractivity contribution < 1.29 is 13.9 Å². The van der Waals surface area contributed by atoms with E-state index in [-0.39, 0.29) is 35.7 Å². The van der Waals surface area contributed by atoms with Gasteiger partial charge in [-0.3, -0.25) is 9.59 Å². The molecular formula is C24H17FN4O3. The predicted octanol–water partition coefficient (Wildman–Crippen LogP) is 3.58. The molecular weight excluding hydrogens is 411 g/mol. The normalized spacial score (nSPS) is 10.7. The van der Waals surface area contributed by atoms with Crippen molar-refractivity contribution in [3.63, 3.8) is 0 Å². The van der Waals surface area contributed by atoms with Crippen molar-refractivity contribution in [3.05, 3.63) is 93.8 Å². The molecule has 0 fully saturated rings. The number of hydrogen-bond donors (Lipinski definition) is 0. The number of benzene rings is 2. The molecule has 32 heavy (non-hydrogen) atoms. The number of esters is 1. The second-order valence-corrected chi connectivity index (χ2v) is 7.09. The zero-order chi connectivity index (χ0) is 22.7. The summed E-state index contributed by atoms with van der Waals surface area (Å²) >= 11 is 0. The molecule has 0 aliphatic heterocycles. The van der Waals surface area contributed by atoms with Crippen LogP contribution < -0.4 is 5.56 Å². The van der Waals surface area contributed by atoms with Gasteiger partial charge in [0.1, 0.15) is 12.3 Å². The minimum atomic E-state index is -0.782. The van der Waals surface area contributed by atoms with Gasteiger partial charge in [0.25, 0.3) is 5.56 Å². The van der Waals surface area contributed by atoms with Crippen LogP contribution in [0.2, 0.25) is 0 Å². The van der Waals surface area contributed by atoms with E-state index in [2.05, 4.69) is 10.1 Å². The molecule has 7 nitrogen and oxygen atoms in total. The highest BCUT2D eigenvalue weighted by Gasteiger charge is 2.17. The average Bonchev–Trinajstić information content (AvgIpc) is 2.80. The van der Waals surface area contributed by atoms with E-state index < -0.39 is 11.9 Å². The van der Waals surface area contributed by atoms with Crippen LogP contribution in [0.3, 0.4) is 0 Å². The highest BCUT2D eigenvalue weighted by molar-refractivity contribution is 5.93. The molecule has 0 saturated carbocycles. The van der Waals surface area contributed by atoms with Crippen molar-refractivity contribution in [2.24, 2.45) is 0 Å². The number of carbonyl (C=O) groups is 1. The van der Waals surface area contributed by atoms with Crippen LogP contribution in [-0.4, -0.2) is 20.7 Å². The Labute approximate surface area is 182 Å². The van der Waals surface area contributed by atoms with E-state index in [1.165, 1.54) is 17.7 Å². The van der Waals surface area contributed by atoms with Gasteiger partial charge in [-0.15, -0.1) is 0 Å². The minimum Gasteiger partial charge on any atom is -0.459 e. The van der Waals surface area contributed by atoms with Crippen LogP contribution in [0.1, 0.15) is 23.7 Å². The highest BCUT2D eigenvalue weighted by Crippen LogP contribution is 2.26. The molecule has 0 spiro atoms. The van der Waals surface area contributed by atoms with E-state index in [0.29, 0.717) is 16.3 Å². The first-order chi connectivity index (χ1) is 15.5. The number of hydrogen-bond acceptors (Lipinski definition) is 6. The van der Waals surface area contributed by atoms with Gasteiger partial charge in [0.05, 0.1) is 34.8 Å². The van der Waals surface area contributed by atoms with Gasteiger partial charge < -0.3 is 4.74 Å². The maximum atomic E-state index is 14.9. The van der Waals surface area contributed by atoms with E-state index >= 15 is 0 Å². The van der Waals surface area contributed by atoms with E-state index in [0.717, 1.165) is 5.56 Å². The van der Waals surface area contributed by atoms with Crippen molar-refractivity contribution in [2.45, 2.75) is 20.1 Å². The lowest BCUT2D eigenvalue weighted by Crippen LogP contribution is -2.24. The number of ether oxygens (including phenoxy) is 1. The topological polar surface area (TPSA) is 97.9 Å². The zero-order valence-corrected chi connectivity index (χ0v) is 17.1. The molecule has 0 radical (unpaired) electrons. The number of aromatic nitrogens is 3. The Bertz CT molecular complexity index is 1420. The number of carbonyl (C=O) groups excluding carboxylic acids is 1. The lowest BCUT2D eigenvalue weighted by Gasteiger charge is -2.12. The monoisotopic (exact) mass is 428 g/mol. The third-order valence-corrected chi connectivity index (χ3v) is 4.87. The fourth-order valence-electron chi connectivity index (χ4n) is 3.30. The Morgan fingerprint density at radius 3 is 2.47 bits per heavy atom. The van der Waals surface area contributed by atoms with Crippen LogP contribution in [-0.2, 0) is 22.7 Å². The van der Waals surface area contributed by atoms with Crippen LogP contribution in [0.15, 0.2) is 65.5 Å². The third-order valence-electron chi connectivity index (χ3n) is 4.87. The Hall–Kier alpha value is -4.38. The maximum absolute atomic E-state index is 14.9. The van der Waals surface area contributed by atoms with Gasteiger partial charge in [-0.2, -0.15) is 14.8 Å². The van der Waals surface area contributed by atoms with Crippen molar-refractivity contribution in [1.82, 2.24) is 14.8 Å². The number of fused-ring (bicyclic) bond motifs is 1. The Kier molecular flexibility index (Phi) is 5.73. The lowest BCUT2D eigenvalue weighted by molar-refractivity contribution is -0.142. The number of rotatable bonds is 5. The third kappa shape index (κ3) is 4.23. The second kappa shape index (κ2) is 8.78. The molecule has 2 heterocycles. The van der Waals surface area contributed by atoms with E-state index in [9.17, 15) is 14.0 Å². The summed E-state index contributed by atoms with van der Waals surface area (Å²) < 4.78 is 21.1. The number of pyridine rings is 1. The minimum absolute atomic E-state index is 0.126. The molecule has 0 aliphatic carbocycles. The molecule has 2 aromatic carbocycles. The fraction of sp³-hybridized carbons (Fsp3) is 0.125. The second-order valence-electron chi connectivity index (χ2n) is 7.09. The number of nitrogens with zero attached hydrogens (tertiary/aromatic N) is 4. The first-order valence-corrected chi connectivity index (χ1v) is 9.74. The largest absolute Gasteiger partial charge is 0.459 e. The first kappa shape index (κ1) is 20.9. The summed E-state index contributed by atoms with van der Waals surface area (Å²) in [6, 6.07) is 18.8. The molecule has 4 rings (SSSR count). The maximum Gasteiger partial charge on any atom is 0.303 e. The van der Waals surface area contributed by atoms with Gasteiger partial charge in [0.15, 0.2) is 0 Å². The summed E-state index contributed by atoms with van der Waals surface area (Å²) in [6.45, 7) is 1.28. The van der Waals surface area contributed by atoms with Crippen LogP contribution in [0.25, 0.3) is 22.0 Å². The van der Waals surface area contributed by atoms with Crippen LogP contribution in [0.4, 0.5) is 4.39 Å². The molecule has 158 valence electrons. The molecule has 4 aromatic rings. The van der Waals surface area contributed by atoms with Gasteiger partial charge in [0, 0.05) is 12.3 Å². The van der Waals surface area contributed by atoms with Crippen molar-refractivity contribution in [3.8, 4) is 17.3 Å². The lowest BCUT2D eigenvalue weighted by atomic mass is 10.1. The summed E-state index contributed by atoms with van der Waals surface area (Å²) in [5.74, 6) is -1.27. The van der Waals surface area contributed by atoms with Crippen molar-refractivity contribution >= 4 is 16.7 Å². The first-order valence-electron chi connectivity index (χ1n) is 9.74. The van der Waals surface area contributed by atoms with E-state index in [1.54, 1.807) is 54.6 Å². The van der Waals surface area contributed by atoms with Gasteiger partial charge >= 0.3 is 5.97 Å². The van der Waals surface area contributed by atoms with Gasteiger partial charge in [-0.25, -0.2) is 9.67 Å². The fourth-order valence-corrected chi connectivity index (χ4v) is 3.30. The molecule has 0 unspecified atom stereocenters. The molecule has 0 atom stereocenters. The Morgan fingerprint density at radius 2 is 1.81 bits per heavy atom. The molecule has 0 aliphatic rings. The summed E-state index contributed by atoms with van der Waals surface area (Å²) in [7, 11) is 0. The molecule has 0 bridgehead atoms. The smallest absolute Gasteiger partial charge is 0.303 e. The zero-order valence-electron chi connectivity index (χ0n) is 17.1. The Balaban J connectivity index is 1.80. The standard InChI is InChI=1S/C24H17FN4O3/c1-15(30)32-14-18-10-11-21(23(25)27-18)22-19-4-2-3-5-20(19)24(31)29(28-22)13-17-8-6-16(12-26)7-9-17/h2-11H,13-14H2,1H3. The van der Waals surface area contributed by atoms with Crippen molar-refractivity contribution in [1.29, 1.82) is 5.26 Å². The molecule has 0 N–H and O–H groups in total. The van der Waals surface area contributed by atoms with Gasteiger partial charge in [-0.05, 0) is 35.9 Å². The van der Waals surface area contributed by atoms with Crippen molar-refractivity contribution in [2.75, 3.05) is 0 Å². The number of halogens is 1. The quantitative estimate of drug-likeness (QED) is 0.356. The van der Waals surface area contributed by atoms with Crippen LogP contribution in [0, 0.1) is 17.3 Å². The summed E-state index contributed by atoms with van der Waals surface area (Å²) in [5.41, 5.74) is 1.63. The molecule has 8 heteroatoms. The van der Waals surface area contributed by atoms with Gasteiger partial charge in [-0.1, -0.05) is 30.3 Å². The SMILES string of the molecule is CC(=O)OCc1ccc(-c2nn(Cc3ccc(C#N)cc3)c(=O)c3ccccc23)c(F)n1. The van der Waals surface area contributed by atoms with Crippen LogP contribution in [0.5, 0.6) is 0 Å². The van der Waals surface area contributed by atoms with E-state index in [4.69, 9.17) is 10.00 Å². The molecule has 0 saturated heterocycles. The van der Waals surface area contributed by atoms with Gasteiger partial charge in [0.2, 0.25) is 5.95 Å². The highest BCUT2D eigenvalue weighted by atomic mass is 19.1. The summed E-state index contributed by atoms with van der Waals surface area (Å²) in [6.07, 6.45) is 0. The number of nitriles is 1. The predicted molar refractivity (Wildman–Crippen MR) is 115 cm³/mol. The average molecular weight is 428 g/mol. The molecule has 0 amide bonds. The molecule has 2 aromatic heterocycles. The van der Waals surface area contributed by atoms with Crippen LogP contribution >= 0.6 is 0 Å². The Morgan fingerprint density at radius 1 is 1.09 bits per heavy atom. The van der Waals surface area contributed by atoms with E-state index in [1.807, 2.05) is 6.07 Å². The summed E-state index contributed by atoms with van der Waals surface area (Å²) in [5, 5.41) is 14.3.